The lowest BCUT2D eigenvalue weighted by molar-refractivity contribution is -0.139. The summed E-state index contributed by atoms with van der Waals surface area (Å²) in [6, 6.07) is -1.30. The summed E-state index contributed by atoms with van der Waals surface area (Å²) in [4.78, 5) is 22.1. The summed E-state index contributed by atoms with van der Waals surface area (Å²) in [5.41, 5.74) is 5.23. The van der Waals surface area contributed by atoms with Gasteiger partial charge in [0.15, 0.2) is 0 Å². The number of carboxylic acids is 1. The highest BCUT2D eigenvalue weighted by Gasteiger charge is 2.28. The van der Waals surface area contributed by atoms with E-state index in [0.717, 1.165) is 0 Å². The highest BCUT2D eigenvalue weighted by molar-refractivity contribution is 5.86. The van der Waals surface area contributed by atoms with Gasteiger partial charge in [-0.2, -0.15) is 0 Å². The maximum absolute atomic E-state index is 11.6. The number of hydrogen-bond acceptors (Lipinski definition) is 4. The van der Waals surface area contributed by atoms with Crippen molar-refractivity contribution in [2.45, 2.75) is 45.7 Å². The van der Waals surface area contributed by atoms with Gasteiger partial charge >= 0.3 is 5.97 Å². The maximum Gasteiger partial charge on any atom is 0.305 e. The number of carbonyl (C=O) groups is 2. The van der Waals surface area contributed by atoms with Crippen LogP contribution < -0.4 is 11.1 Å². The van der Waals surface area contributed by atoms with Crippen LogP contribution >= 0.6 is 0 Å². The Kier molecular flexibility index (Phi) is 6.12. The standard InChI is InChI=1S/C11H22N2O4/c1-11(2,3)8(4-5-14)13-10(17)7(12)6-9(15)16/h7-8,14H,4-6,12H2,1-3H3,(H,13,17)(H,15,16). The average molecular weight is 246 g/mol. The fraction of sp³-hybridized carbons (Fsp3) is 0.818. The number of aliphatic hydroxyl groups excluding tert-OH is 1. The molecule has 2 unspecified atom stereocenters. The van der Waals surface area contributed by atoms with E-state index in [9.17, 15) is 9.59 Å². The molecule has 0 aromatic heterocycles. The largest absolute Gasteiger partial charge is 0.481 e. The van der Waals surface area contributed by atoms with Crippen molar-refractivity contribution in [2.24, 2.45) is 11.1 Å². The summed E-state index contributed by atoms with van der Waals surface area (Å²) in [5.74, 6) is -1.61. The van der Waals surface area contributed by atoms with Gasteiger partial charge in [0.25, 0.3) is 0 Å². The zero-order valence-electron chi connectivity index (χ0n) is 10.6. The van der Waals surface area contributed by atoms with Crippen molar-refractivity contribution in [1.82, 2.24) is 5.32 Å². The SMILES string of the molecule is CC(C)(C)C(CCO)NC(=O)C(N)CC(=O)O. The summed E-state index contributed by atoms with van der Waals surface area (Å²) in [7, 11) is 0. The third-order valence-electron chi connectivity index (χ3n) is 2.51. The maximum atomic E-state index is 11.6. The molecular formula is C11H22N2O4. The molecule has 2 atom stereocenters. The van der Waals surface area contributed by atoms with Gasteiger partial charge in [-0.25, -0.2) is 0 Å². The van der Waals surface area contributed by atoms with Crippen molar-refractivity contribution in [1.29, 1.82) is 0 Å². The van der Waals surface area contributed by atoms with Gasteiger partial charge in [-0.05, 0) is 11.8 Å². The van der Waals surface area contributed by atoms with Crippen LogP contribution in [-0.2, 0) is 9.59 Å². The van der Waals surface area contributed by atoms with Crippen LogP contribution in [0.25, 0.3) is 0 Å². The summed E-state index contributed by atoms with van der Waals surface area (Å²) in [6.45, 7) is 5.74. The van der Waals surface area contributed by atoms with Crippen LogP contribution in [0.3, 0.4) is 0 Å². The van der Waals surface area contributed by atoms with Crippen LogP contribution in [0, 0.1) is 5.41 Å². The number of carbonyl (C=O) groups excluding carboxylic acids is 1. The van der Waals surface area contributed by atoms with Crippen molar-refractivity contribution in [3.8, 4) is 0 Å². The monoisotopic (exact) mass is 246 g/mol. The lowest BCUT2D eigenvalue weighted by Gasteiger charge is -2.31. The molecule has 0 aliphatic heterocycles. The van der Waals surface area contributed by atoms with Crippen molar-refractivity contribution in [3.05, 3.63) is 0 Å². The molecule has 0 aliphatic rings. The first-order valence-corrected chi connectivity index (χ1v) is 5.57. The van der Waals surface area contributed by atoms with E-state index in [0.29, 0.717) is 6.42 Å². The van der Waals surface area contributed by atoms with Crippen LogP contribution in [0.15, 0.2) is 0 Å². The van der Waals surface area contributed by atoms with Crippen molar-refractivity contribution in [3.63, 3.8) is 0 Å². The second-order valence-electron chi connectivity index (χ2n) is 5.14. The first kappa shape index (κ1) is 15.9. The molecule has 5 N–H and O–H groups in total. The molecule has 1 amide bonds. The molecule has 0 radical (unpaired) electrons. The quantitative estimate of drug-likeness (QED) is 0.514. The van der Waals surface area contributed by atoms with Gasteiger partial charge in [-0.15, -0.1) is 0 Å². The lowest BCUT2D eigenvalue weighted by Crippen LogP contribution is -2.50. The Labute approximate surface area is 101 Å². The molecule has 0 aromatic carbocycles. The Hall–Kier alpha value is -1.14. The fourth-order valence-corrected chi connectivity index (χ4v) is 1.41. The van der Waals surface area contributed by atoms with E-state index < -0.39 is 24.3 Å². The van der Waals surface area contributed by atoms with Crippen LogP contribution in [-0.4, -0.2) is 40.8 Å². The summed E-state index contributed by atoms with van der Waals surface area (Å²) < 4.78 is 0. The first-order valence-electron chi connectivity index (χ1n) is 5.57. The van der Waals surface area contributed by atoms with E-state index in [2.05, 4.69) is 5.32 Å². The van der Waals surface area contributed by atoms with E-state index in [4.69, 9.17) is 15.9 Å². The molecule has 0 rings (SSSR count). The Balaban J connectivity index is 4.45. The van der Waals surface area contributed by atoms with Crippen molar-refractivity contribution < 1.29 is 19.8 Å². The molecule has 100 valence electrons. The van der Waals surface area contributed by atoms with Gasteiger partial charge in [0.1, 0.15) is 0 Å². The zero-order valence-corrected chi connectivity index (χ0v) is 10.6. The molecule has 0 saturated heterocycles. The van der Waals surface area contributed by atoms with Crippen LogP contribution in [0.4, 0.5) is 0 Å². The second kappa shape index (κ2) is 6.56. The number of rotatable bonds is 6. The lowest BCUT2D eigenvalue weighted by atomic mass is 9.84. The first-order chi connectivity index (χ1) is 7.68. The fourth-order valence-electron chi connectivity index (χ4n) is 1.41. The van der Waals surface area contributed by atoms with Gasteiger partial charge in [0.2, 0.25) is 5.91 Å². The van der Waals surface area contributed by atoms with E-state index in [1.807, 2.05) is 20.8 Å². The third kappa shape index (κ3) is 6.23. The second-order valence-corrected chi connectivity index (χ2v) is 5.14. The Morgan fingerprint density at radius 3 is 2.24 bits per heavy atom. The van der Waals surface area contributed by atoms with Gasteiger partial charge < -0.3 is 21.3 Å². The number of carboxylic acid groups (broad SMARTS) is 1. The topological polar surface area (TPSA) is 113 Å². The number of aliphatic hydroxyl groups is 1. The van der Waals surface area contributed by atoms with Crippen molar-refractivity contribution >= 4 is 11.9 Å². The minimum absolute atomic E-state index is 0.0453. The molecule has 17 heavy (non-hydrogen) atoms. The van der Waals surface area contributed by atoms with E-state index in [-0.39, 0.29) is 18.1 Å². The van der Waals surface area contributed by atoms with Gasteiger partial charge in [-0.3, -0.25) is 9.59 Å². The van der Waals surface area contributed by atoms with Crippen LogP contribution in [0.5, 0.6) is 0 Å². The number of amides is 1. The van der Waals surface area contributed by atoms with Gasteiger partial charge in [0, 0.05) is 12.6 Å². The smallest absolute Gasteiger partial charge is 0.305 e. The summed E-state index contributed by atoms with van der Waals surface area (Å²) in [6.07, 6.45) is 0.0108. The minimum Gasteiger partial charge on any atom is -0.481 e. The highest BCUT2D eigenvalue weighted by atomic mass is 16.4. The van der Waals surface area contributed by atoms with E-state index in [1.54, 1.807) is 0 Å². The number of nitrogens with one attached hydrogen (secondary N) is 1. The van der Waals surface area contributed by atoms with Gasteiger partial charge in [0.05, 0.1) is 12.5 Å². The third-order valence-corrected chi connectivity index (χ3v) is 2.51. The number of hydrogen-bond donors (Lipinski definition) is 4. The average Bonchev–Trinajstić information content (AvgIpc) is 2.14. The molecule has 0 saturated carbocycles. The van der Waals surface area contributed by atoms with Gasteiger partial charge in [-0.1, -0.05) is 20.8 Å². The molecule has 6 nitrogen and oxygen atoms in total. The molecule has 0 spiro atoms. The van der Waals surface area contributed by atoms with E-state index >= 15 is 0 Å². The highest BCUT2D eigenvalue weighted by Crippen LogP contribution is 2.21. The Bertz CT molecular complexity index is 273. The molecule has 0 heterocycles. The predicted molar refractivity (Wildman–Crippen MR) is 63.3 cm³/mol. The van der Waals surface area contributed by atoms with E-state index in [1.165, 1.54) is 0 Å². The molecule has 0 aliphatic carbocycles. The molecular weight excluding hydrogens is 224 g/mol. The normalized spacial score (nSPS) is 15.1. The minimum atomic E-state index is -1.11. The summed E-state index contributed by atoms with van der Waals surface area (Å²) >= 11 is 0. The molecule has 0 fully saturated rings. The molecule has 0 aromatic rings. The van der Waals surface area contributed by atoms with Crippen molar-refractivity contribution in [2.75, 3.05) is 6.61 Å². The predicted octanol–water partition coefficient (Wildman–Crippen LogP) is -0.298. The molecule has 0 bridgehead atoms. The Morgan fingerprint density at radius 2 is 1.88 bits per heavy atom. The van der Waals surface area contributed by atoms with Crippen LogP contribution in [0.2, 0.25) is 0 Å². The van der Waals surface area contributed by atoms with Crippen LogP contribution in [0.1, 0.15) is 33.6 Å². The number of aliphatic carboxylic acids is 1. The Morgan fingerprint density at radius 1 is 1.35 bits per heavy atom. The molecule has 6 heteroatoms. The number of nitrogens with two attached hydrogens (primary N) is 1. The summed E-state index contributed by atoms with van der Waals surface area (Å²) in [5, 5.41) is 20.1. The zero-order chi connectivity index (χ0) is 13.6.